The lowest BCUT2D eigenvalue weighted by Gasteiger charge is -2.40. The highest BCUT2D eigenvalue weighted by Crippen LogP contribution is 2.24. The minimum Gasteiger partial charge on any atom is -0.480 e. The molecule has 0 bridgehead atoms. The van der Waals surface area contributed by atoms with Crippen LogP contribution >= 0.6 is 11.6 Å². The molecule has 0 saturated carbocycles. The van der Waals surface area contributed by atoms with E-state index in [1.165, 1.54) is 4.90 Å². The summed E-state index contributed by atoms with van der Waals surface area (Å²) in [5.74, 6) is -0.979. The van der Waals surface area contributed by atoms with Gasteiger partial charge in [-0.1, -0.05) is 11.6 Å². The molecule has 23 heavy (non-hydrogen) atoms. The number of benzene rings is 1. The maximum atomic E-state index is 12.1. The highest BCUT2D eigenvalue weighted by atomic mass is 35.5. The number of halogens is 1. The van der Waals surface area contributed by atoms with Crippen molar-refractivity contribution in [1.82, 2.24) is 4.90 Å². The molecule has 126 valence electrons. The van der Waals surface area contributed by atoms with Crippen LogP contribution in [0.1, 0.15) is 20.8 Å². The molecule has 0 aromatic heterocycles. The topological polar surface area (TPSA) is 70.1 Å². The lowest BCUT2D eigenvalue weighted by Crippen LogP contribution is -2.58. The third-order valence-electron chi connectivity index (χ3n) is 3.48. The van der Waals surface area contributed by atoms with Crippen molar-refractivity contribution in [1.29, 1.82) is 0 Å². The summed E-state index contributed by atoms with van der Waals surface area (Å²) in [6.07, 6.45) is -0.487. The number of carbonyl (C=O) groups is 2. The number of carbonyl (C=O) groups excluding carboxylic acids is 1. The van der Waals surface area contributed by atoms with E-state index in [1.807, 2.05) is 0 Å². The van der Waals surface area contributed by atoms with Crippen molar-refractivity contribution in [3.05, 3.63) is 29.3 Å². The average Bonchev–Trinajstić information content (AvgIpc) is 2.45. The highest BCUT2D eigenvalue weighted by Gasteiger charge is 2.36. The minimum atomic E-state index is -0.979. The lowest BCUT2D eigenvalue weighted by molar-refractivity contribution is -0.139. The smallest absolute Gasteiger partial charge is 0.410 e. The molecule has 1 aromatic rings. The fraction of sp³-hybridized carbons (Fsp3) is 0.500. The van der Waals surface area contributed by atoms with Gasteiger partial charge in [-0.3, -0.25) is 0 Å². The molecule has 6 nitrogen and oxygen atoms in total. The normalized spacial score (nSPS) is 18.7. The molecule has 1 unspecified atom stereocenters. The Morgan fingerprint density at radius 2 is 1.83 bits per heavy atom. The molecule has 2 rings (SSSR count). The number of anilines is 1. The van der Waals surface area contributed by atoms with Gasteiger partial charge >= 0.3 is 12.1 Å². The van der Waals surface area contributed by atoms with Crippen LogP contribution in [0.15, 0.2) is 24.3 Å². The number of piperazine rings is 1. The van der Waals surface area contributed by atoms with Gasteiger partial charge in [0.25, 0.3) is 0 Å². The monoisotopic (exact) mass is 340 g/mol. The van der Waals surface area contributed by atoms with E-state index >= 15 is 0 Å². The molecule has 1 saturated heterocycles. The molecule has 1 atom stereocenters. The van der Waals surface area contributed by atoms with Gasteiger partial charge in [0, 0.05) is 23.8 Å². The van der Waals surface area contributed by atoms with Crippen molar-refractivity contribution in [2.75, 3.05) is 24.5 Å². The zero-order valence-electron chi connectivity index (χ0n) is 13.5. The van der Waals surface area contributed by atoms with E-state index in [9.17, 15) is 14.7 Å². The molecule has 1 aliphatic rings. The first-order valence-electron chi connectivity index (χ1n) is 7.40. The highest BCUT2D eigenvalue weighted by molar-refractivity contribution is 6.30. The first-order chi connectivity index (χ1) is 10.7. The number of hydrogen-bond donors (Lipinski definition) is 1. The van der Waals surface area contributed by atoms with Crippen molar-refractivity contribution < 1.29 is 19.4 Å². The second-order valence-electron chi connectivity index (χ2n) is 6.45. The largest absolute Gasteiger partial charge is 0.480 e. The summed E-state index contributed by atoms with van der Waals surface area (Å²) in [5, 5.41) is 10.1. The van der Waals surface area contributed by atoms with Crippen LogP contribution in [0.5, 0.6) is 0 Å². The van der Waals surface area contributed by atoms with Gasteiger partial charge < -0.3 is 19.6 Å². The number of carboxylic acid groups (broad SMARTS) is 1. The summed E-state index contributed by atoms with van der Waals surface area (Å²) in [4.78, 5) is 27.0. The van der Waals surface area contributed by atoms with Crippen molar-refractivity contribution >= 4 is 29.4 Å². The first kappa shape index (κ1) is 17.4. The van der Waals surface area contributed by atoms with Gasteiger partial charge in [-0.15, -0.1) is 0 Å². The van der Waals surface area contributed by atoms with E-state index in [4.69, 9.17) is 16.3 Å². The van der Waals surface area contributed by atoms with Crippen LogP contribution in [0, 0.1) is 0 Å². The maximum Gasteiger partial charge on any atom is 0.410 e. The minimum absolute atomic E-state index is 0.0763. The number of ether oxygens (including phenoxy) is 1. The molecule has 1 heterocycles. The van der Waals surface area contributed by atoms with Crippen LogP contribution in [0.2, 0.25) is 5.02 Å². The van der Waals surface area contributed by atoms with E-state index < -0.39 is 23.7 Å². The van der Waals surface area contributed by atoms with E-state index in [1.54, 1.807) is 49.9 Å². The van der Waals surface area contributed by atoms with Gasteiger partial charge in [0.1, 0.15) is 11.6 Å². The molecule has 1 aliphatic heterocycles. The summed E-state index contributed by atoms with van der Waals surface area (Å²) < 4.78 is 5.32. The van der Waals surface area contributed by atoms with Crippen molar-refractivity contribution in [3.63, 3.8) is 0 Å². The van der Waals surface area contributed by atoms with Gasteiger partial charge in [-0.2, -0.15) is 0 Å². The fourth-order valence-electron chi connectivity index (χ4n) is 2.43. The maximum absolute atomic E-state index is 12.1. The van der Waals surface area contributed by atoms with Gasteiger partial charge in [0.05, 0.1) is 6.54 Å². The predicted molar refractivity (Wildman–Crippen MR) is 88.0 cm³/mol. The van der Waals surface area contributed by atoms with Crippen molar-refractivity contribution in [2.45, 2.75) is 32.4 Å². The Labute approximate surface area is 140 Å². The van der Waals surface area contributed by atoms with E-state index in [-0.39, 0.29) is 6.54 Å². The molecule has 7 heteroatoms. The Morgan fingerprint density at radius 1 is 1.22 bits per heavy atom. The van der Waals surface area contributed by atoms with Crippen LogP contribution in [0.4, 0.5) is 10.5 Å². The summed E-state index contributed by atoms with van der Waals surface area (Å²) in [6.45, 7) is 6.24. The Hall–Kier alpha value is -1.95. The third kappa shape index (κ3) is 4.51. The Kier molecular flexibility index (Phi) is 5.04. The van der Waals surface area contributed by atoms with Crippen molar-refractivity contribution in [3.8, 4) is 0 Å². The number of hydrogen-bond acceptors (Lipinski definition) is 4. The molecular weight excluding hydrogens is 320 g/mol. The lowest BCUT2D eigenvalue weighted by atomic mass is 10.1. The van der Waals surface area contributed by atoms with Gasteiger partial charge in [-0.25, -0.2) is 9.59 Å². The number of aliphatic carboxylic acids is 1. The van der Waals surface area contributed by atoms with Crippen LogP contribution in [-0.2, 0) is 9.53 Å². The van der Waals surface area contributed by atoms with Crippen LogP contribution < -0.4 is 4.90 Å². The van der Waals surface area contributed by atoms with Crippen LogP contribution in [0.25, 0.3) is 0 Å². The van der Waals surface area contributed by atoms with E-state index in [0.29, 0.717) is 18.1 Å². The summed E-state index contributed by atoms with van der Waals surface area (Å²) in [6, 6.07) is 6.17. The summed E-state index contributed by atoms with van der Waals surface area (Å²) in [5.41, 5.74) is 0.161. The second-order valence-corrected chi connectivity index (χ2v) is 6.89. The quantitative estimate of drug-likeness (QED) is 0.896. The van der Waals surface area contributed by atoms with Gasteiger partial charge in [-0.05, 0) is 45.0 Å². The standard InChI is InChI=1S/C16H21ClN2O4/c1-16(2,3)23-15(22)18-8-9-19(13(10-18)14(20)21)12-6-4-11(17)5-7-12/h4-7,13H,8-10H2,1-3H3,(H,20,21). The molecule has 1 fully saturated rings. The van der Waals surface area contributed by atoms with Crippen LogP contribution in [-0.4, -0.2) is 53.3 Å². The average molecular weight is 341 g/mol. The van der Waals surface area contributed by atoms with E-state index in [0.717, 1.165) is 5.69 Å². The zero-order chi connectivity index (χ0) is 17.2. The predicted octanol–water partition coefficient (Wildman–Crippen LogP) is 2.85. The molecule has 0 spiro atoms. The van der Waals surface area contributed by atoms with Crippen molar-refractivity contribution in [2.24, 2.45) is 0 Å². The summed E-state index contributed by atoms with van der Waals surface area (Å²) in [7, 11) is 0. The Morgan fingerprint density at radius 3 is 2.35 bits per heavy atom. The SMILES string of the molecule is CC(C)(C)OC(=O)N1CCN(c2ccc(Cl)cc2)C(C(=O)O)C1. The van der Waals surface area contributed by atoms with Crippen LogP contribution in [0.3, 0.4) is 0 Å². The Balaban J connectivity index is 2.13. The molecule has 0 aliphatic carbocycles. The molecule has 1 N–H and O–H groups in total. The number of rotatable bonds is 2. The number of nitrogens with zero attached hydrogens (tertiary/aromatic N) is 2. The zero-order valence-corrected chi connectivity index (χ0v) is 14.2. The Bertz CT molecular complexity index is 583. The number of carboxylic acids is 1. The molecule has 1 amide bonds. The summed E-state index contributed by atoms with van der Waals surface area (Å²) >= 11 is 5.87. The number of amides is 1. The van der Waals surface area contributed by atoms with Gasteiger partial charge in [0.2, 0.25) is 0 Å². The first-order valence-corrected chi connectivity index (χ1v) is 7.78. The molecule has 1 aromatic carbocycles. The molecule has 0 radical (unpaired) electrons. The second kappa shape index (κ2) is 6.66. The third-order valence-corrected chi connectivity index (χ3v) is 3.73. The van der Waals surface area contributed by atoms with E-state index in [2.05, 4.69) is 0 Å². The fourth-order valence-corrected chi connectivity index (χ4v) is 2.55. The van der Waals surface area contributed by atoms with Gasteiger partial charge in [0.15, 0.2) is 0 Å². The molecular formula is C16H21ClN2O4.